The number of nitrogens with one attached hydrogen (secondary N) is 1. The number of hydrogen-bond donors (Lipinski definition) is 2. The number of anilines is 1. The fraction of sp³-hybridized carbons (Fsp3) is 0.625. The van der Waals surface area contributed by atoms with Crippen molar-refractivity contribution >= 4 is 24.0 Å². The third-order valence-corrected chi connectivity index (χ3v) is 5.36. The van der Waals surface area contributed by atoms with Crippen molar-refractivity contribution in [1.29, 1.82) is 0 Å². The van der Waals surface area contributed by atoms with E-state index in [9.17, 15) is 14.4 Å². The maximum atomic E-state index is 12.2. The number of carboxylic acid groups (broad SMARTS) is 1. The highest BCUT2D eigenvalue weighted by atomic mass is 16.6. The molecule has 0 radical (unpaired) electrons. The number of ether oxygens (including phenoxy) is 1. The number of carbonyl (C=O) groups is 3. The minimum absolute atomic E-state index is 0.0343. The molecule has 142 valence electrons. The Morgan fingerprint density at radius 3 is 2.58 bits per heavy atom. The van der Waals surface area contributed by atoms with E-state index in [1.807, 2.05) is 0 Å². The number of likely N-dealkylation sites (tertiary alicyclic amines) is 1. The van der Waals surface area contributed by atoms with Gasteiger partial charge in [0.05, 0.1) is 7.11 Å². The highest BCUT2D eigenvalue weighted by Gasteiger charge is 2.50. The molecule has 0 aromatic carbocycles. The van der Waals surface area contributed by atoms with Crippen molar-refractivity contribution in [3.8, 4) is 0 Å². The molecule has 3 amide bonds. The van der Waals surface area contributed by atoms with Crippen LogP contribution in [0.15, 0.2) is 10.6 Å². The van der Waals surface area contributed by atoms with Crippen molar-refractivity contribution in [2.75, 3.05) is 32.1 Å². The molecule has 1 saturated carbocycles. The summed E-state index contributed by atoms with van der Waals surface area (Å²) in [5.74, 6) is -0.241. The van der Waals surface area contributed by atoms with Crippen LogP contribution in [0.2, 0.25) is 0 Å². The molecule has 10 heteroatoms. The molecule has 1 aromatic rings. The smallest absolute Gasteiger partial charge is 0.416 e. The van der Waals surface area contributed by atoms with Crippen LogP contribution in [0, 0.1) is 5.41 Å². The van der Waals surface area contributed by atoms with Gasteiger partial charge in [-0.05, 0) is 31.1 Å². The van der Waals surface area contributed by atoms with E-state index in [4.69, 9.17) is 14.4 Å². The van der Waals surface area contributed by atoms with Crippen LogP contribution < -0.4 is 10.2 Å². The van der Waals surface area contributed by atoms with Crippen molar-refractivity contribution in [3.05, 3.63) is 11.8 Å². The van der Waals surface area contributed by atoms with E-state index in [-0.39, 0.29) is 23.0 Å². The summed E-state index contributed by atoms with van der Waals surface area (Å²) in [7, 11) is 2.76. The van der Waals surface area contributed by atoms with Crippen LogP contribution in [0.5, 0.6) is 0 Å². The van der Waals surface area contributed by atoms with Crippen LogP contribution in [-0.2, 0) is 4.74 Å². The number of hydrogen-bond acceptors (Lipinski definition) is 6. The molecule has 26 heavy (non-hydrogen) atoms. The largest absolute Gasteiger partial charge is 0.465 e. The molecule has 2 fully saturated rings. The normalized spacial score (nSPS) is 18.9. The molecule has 1 spiro atoms. The minimum atomic E-state index is -0.893. The molecule has 2 heterocycles. The first-order chi connectivity index (χ1) is 12.4. The van der Waals surface area contributed by atoms with Crippen LogP contribution in [-0.4, -0.2) is 66.5 Å². The molecule has 3 rings (SSSR count). The lowest BCUT2D eigenvalue weighted by atomic mass is 9.60. The van der Waals surface area contributed by atoms with Gasteiger partial charge in [-0.2, -0.15) is 0 Å². The Bertz CT molecular complexity index is 701. The van der Waals surface area contributed by atoms with Crippen molar-refractivity contribution in [1.82, 2.24) is 15.4 Å². The van der Waals surface area contributed by atoms with Crippen LogP contribution in [0.25, 0.3) is 0 Å². The summed E-state index contributed by atoms with van der Waals surface area (Å²) in [6.07, 6.45) is 1.52. The number of nitrogens with zero attached hydrogens (tertiary/aromatic N) is 3. The monoisotopic (exact) mass is 366 g/mol. The molecule has 1 aromatic heterocycles. The van der Waals surface area contributed by atoms with Gasteiger partial charge < -0.3 is 24.6 Å². The van der Waals surface area contributed by atoms with Crippen LogP contribution in [0.1, 0.15) is 36.2 Å². The zero-order valence-corrected chi connectivity index (χ0v) is 14.7. The van der Waals surface area contributed by atoms with Crippen LogP contribution in [0.4, 0.5) is 15.5 Å². The fourth-order valence-electron chi connectivity index (χ4n) is 3.83. The Labute approximate surface area is 150 Å². The van der Waals surface area contributed by atoms with E-state index in [1.54, 1.807) is 0 Å². The summed E-state index contributed by atoms with van der Waals surface area (Å²) in [5.41, 5.74) is 0.118. The van der Waals surface area contributed by atoms with E-state index in [2.05, 4.69) is 10.5 Å². The van der Waals surface area contributed by atoms with Crippen molar-refractivity contribution in [2.24, 2.45) is 5.41 Å². The van der Waals surface area contributed by atoms with Gasteiger partial charge >= 0.3 is 12.2 Å². The first-order valence-corrected chi connectivity index (χ1v) is 8.43. The number of carbonyl (C=O) groups excluding carboxylic acids is 2. The van der Waals surface area contributed by atoms with Gasteiger partial charge in [-0.15, -0.1) is 0 Å². The molecule has 10 nitrogen and oxygen atoms in total. The van der Waals surface area contributed by atoms with E-state index in [1.165, 1.54) is 30.0 Å². The maximum Gasteiger partial charge on any atom is 0.416 e. The first kappa shape index (κ1) is 18.0. The number of amides is 3. The molecule has 2 N–H and O–H groups in total. The quantitative estimate of drug-likeness (QED) is 0.831. The molecule has 2 aliphatic rings. The molecule has 1 saturated heterocycles. The van der Waals surface area contributed by atoms with Crippen molar-refractivity contribution < 1.29 is 28.8 Å². The highest BCUT2D eigenvalue weighted by Crippen LogP contribution is 2.51. The molecule has 1 aliphatic heterocycles. The summed E-state index contributed by atoms with van der Waals surface area (Å²) in [6, 6.07) is 1.28. The molecule has 0 unspecified atom stereocenters. The summed E-state index contributed by atoms with van der Waals surface area (Å²) < 4.78 is 10.0. The fourth-order valence-corrected chi connectivity index (χ4v) is 3.83. The molecule has 0 bridgehead atoms. The minimum Gasteiger partial charge on any atom is -0.465 e. The number of methoxy groups -OCH3 is 1. The van der Waals surface area contributed by atoms with Crippen LogP contribution >= 0.6 is 0 Å². The lowest BCUT2D eigenvalue weighted by Crippen LogP contribution is -2.57. The van der Waals surface area contributed by atoms with Gasteiger partial charge in [0, 0.05) is 32.2 Å². The Hall–Kier alpha value is -2.78. The zero-order valence-electron chi connectivity index (χ0n) is 14.7. The van der Waals surface area contributed by atoms with Gasteiger partial charge in [0.25, 0.3) is 5.91 Å². The van der Waals surface area contributed by atoms with Gasteiger partial charge in [0.1, 0.15) is 0 Å². The lowest BCUT2D eigenvalue weighted by Gasteiger charge is -2.53. The predicted octanol–water partition coefficient (Wildman–Crippen LogP) is 1.53. The third-order valence-electron chi connectivity index (χ3n) is 5.36. The predicted molar refractivity (Wildman–Crippen MR) is 89.1 cm³/mol. The summed E-state index contributed by atoms with van der Waals surface area (Å²) >= 11 is 0. The SMILES string of the molecule is CNC(=O)c1cc(N(C(=O)OC)C2CC3(CCN(C(=O)O)CC3)C2)on1. The van der Waals surface area contributed by atoms with E-state index in [0.717, 1.165) is 25.7 Å². The lowest BCUT2D eigenvalue weighted by molar-refractivity contribution is 0.0175. The topological polar surface area (TPSA) is 125 Å². The second-order valence-corrected chi connectivity index (χ2v) is 6.80. The highest BCUT2D eigenvalue weighted by molar-refractivity contribution is 5.94. The average molecular weight is 366 g/mol. The van der Waals surface area contributed by atoms with E-state index >= 15 is 0 Å². The van der Waals surface area contributed by atoms with Gasteiger partial charge in [0.2, 0.25) is 5.88 Å². The third kappa shape index (κ3) is 3.18. The summed E-state index contributed by atoms with van der Waals surface area (Å²) in [6.45, 7) is 1.01. The zero-order chi connectivity index (χ0) is 18.9. The van der Waals surface area contributed by atoms with Gasteiger partial charge in [-0.3, -0.25) is 4.79 Å². The summed E-state index contributed by atoms with van der Waals surface area (Å²) in [5, 5.41) is 15.2. The Kier molecular flexibility index (Phi) is 4.75. The summed E-state index contributed by atoms with van der Waals surface area (Å²) in [4.78, 5) is 37.7. The van der Waals surface area contributed by atoms with Gasteiger partial charge in [-0.25, -0.2) is 14.5 Å². The Morgan fingerprint density at radius 1 is 1.38 bits per heavy atom. The number of piperidine rings is 1. The second-order valence-electron chi connectivity index (χ2n) is 6.80. The Morgan fingerprint density at radius 2 is 2.04 bits per heavy atom. The molecular formula is C16H22N4O6. The van der Waals surface area contributed by atoms with Gasteiger partial charge in [-0.1, -0.05) is 5.16 Å². The van der Waals surface area contributed by atoms with E-state index in [0.29, 0.717) is 13.1 Å². The van der Waals surface area contributed by atoms with Crippen molar-refractivity contribution in [2.45, 2.75) is 31.7 Å². The number of rotatable bonds is 3. The van der Waals surface area contributed by atoms with Gasteiger partial charge in [0.15, 0.2) is 5.69 Å². The Balaban J connectivity index is 1.69. The first-order valence-electron chi connectivity index (χ1n) is 8.43. The second kappa shape index (κ2) is 6.85. The average Bonchev–Trinajstić information content (AvgIpc) is 3.09. The molecule has 1 aliphatic carbocycles. The molecule has 0 atom stereocenters. The van der Waals surface area contributed by atoms with E-state index < -0.39 is 18.1 Å². The van der Waals surface area contributed by atoms with Crippen molar-refractivity contribution in [3.63, 3.8) is 0 Å². The van der Waals surface area contributed by atoms with Crippen LogP contribution in [0.3, 0.4) is 0 Å². The number of aromatic nitrogens is 1. The molecular weight excluding hydrogens is 344 g/mol. The maximum absolute atomic E-state index is 12.2. The standard InChI is InChI=1S/C16H22N4O6/c1-17-13(21)11-7-12(26-18-11)20(15(24)25-2)10-8-16(9-10)3-5-19(6-4-16)14(22)23/h7,10H,3-6,8-9H2,1-2H3,(H,17,21)(H,22,23).